The highest BCUT2D eigenvalue weighted by atomic mass is 79.9. The van der Waals surface area contributed by atoms with Gasteiger partial charge in [-0.25, -0.2) is 0 Å². The molecule has 0 amide bonds. The number of pyridine rings is 1. The molecule has 1 aromatic rings. The molecule has 3 unspecified atom stereocenters. The van der Waals surface area contributed by atoms with E-state index in [0.29, 0.717) is 10.7 Å². The minimum Gasteiger partial charge on any atom is -0.261 e. The van der Waals surface area contributed by atoms with E-state index in [9.17, 15) is 0 Å². The van der Waals surface area contributed by atoms with E-state index in [1.165, 1.54) is 56.2 Å². The summed E-state index contributed by atoms with van der Waals surface area (Å²) in [6.45, 7) is 0. The molecule has 2 aliphatic carbocycles. The fourth-order valence-corrected chi connectivity index (χ4v) is 4.59. The highest BCUT2D eigenvalue weighted by molar-refractivity contribution is 9.09. The maximum absolute atomic E-state index is 4.69. The van der Waals surface area contributed by atoms with Crippen molar-refractivity contribution < 1.29 is 0 Å². The molecule has 0 aliphatic heterocycles. The van der Waals surface area contributed by atoms with Crippen LogP contribution in [0.25, 0.3) is 0 Å². The Balaban J connectivity index is 1.89. The first-order valence-corrected chi connectivity index (χ1v) is 7.85. The van der Waals surface area contributed by atoms with Gasteiger partial charge >= 0.3 is 0 Å². The third-order valence-corrected chi connectivity index (χ3v) is 5.62. The lowest BCUT2D eigenvalue weighted by Gasteiger charge is -2.36. The van der Waals surface area contributed by atoms with Crippen LogP contribution in [0.4, 0.5) is 0 Å². The molecule has 1 saturated carbocycles. The summed E-state index contributed by atoms with van der Waals surface area (Å²) in [6, 6.07) is 4.37. The van der Waals surface area contributed by atoms with Crippen LogP contribution in [-0.2, 0) is 6.42 Å². The fourth-order valence-electron chi connectivity index (χ4n) is 3.63. The molecule has 2 aliphatic rings. The molecule has 3 rings (SSSR count). The molecule has 0 saturated heterocycles. The van der Waals surface area contributed by atoms with Crippen LogP contribution < -0.4 is 0 Å². The highest BCUT2D eigenvalue weighted by Crippen LogP contribution is 2.44. The van der Waals surface area contributed by atoms with Crippen LogP contribution in [0.1, 0.15) is 55.7 Å². The predicted octanol–water partition coefficient (Wildman–Crippen LogP) is 4.46. The normalized spacial score (nSPS) is 33.1. The number of hydrogen-bond acceptors (Lipinski definition) is 1. The summed E-state index contributed by atoms with van der Waals surface area (Å²) < 4.78 is 0. The molecule has 1 heterocycles. The zero-order chi connectivity index (χ0) is 11.7. The summed E-state index contributed by atoms with van der Waals surface area (Å²) in [5, 5.41) is 0. The number of nitrogens with zero attached hydrogens (tertiary/aromatic N) is 1. The summed E-state index contributed by atoms with van der Waals surface area (Å²) in [5.74, 6) is 1.53. The molecule has 3 atom stereocenters. The van der Waals surface area contributed by atoms with Crippen LogP contribution in [0.2, 0.25) is 0 Å². The molecule has 0 N–H and O–H groups in total. The number of hydrogen-bond donors (Lipinski definition) is 0. The Morgan fingerprint density at radius 2 is 2.00 bits per heavy atom. The van der Waals surface area contributed by atoms with Crippen molar-refractivity contribution in [1.82, 2.24) is 4.98 Å². The van der Waals surface area contributed by atoms with Crippen molar-refractivity contribution in [2.24, 2.45) is 5.92 Å². The predicted molar refractivity (Wildman–Crippen MR) is 74.6 cm³/mol. The second-order valence-corrected chi connectivity index (χ2v) is 6.69. The number of alkyl halides is 1. The smallest absolute Gasteiger partial charge is 0.0469 e. The SMILES string of the molecule is BrC1CCCCC1C1CCCc2cccnc21. The van der Waals surface area contributed by atoms with Crippen molar-refractivity contribution in [3.63, 3.8) is 0 Å². The zero-order valence-corrected chi connectivity index (χ0v) is 11.8. The highest BCUT2D eigenvalue weighted by Gasteiger charge is 2.34. The standard InChI is InChI=1S/C15H20BrN/c16-14-9-2-1-7-12(14)13-8-3-5-11-6-4-10-17-15(11)13/h4,6,10,12-14H,1-3,5,7-9H2. The van der Waals surface area contributed by atoms with Crippen LogP contribution in [-0.4, -0.2) is 9.81 Å². The molecule has 0 bridgehead atoms. The first-order valence-electron chi connectivity index (χ1n) is 6.94. The van der Waals surface area contributed by atoms with Gasteiger partial charge in [0.05, 0.1) is 0 Å². The van der Waals surface area contributed by atoms with Gasteiger partial charge in [0.2, 0.25) is 0 Å². The van der Waals surface area contributed by atoms with E-state index in [1.54, 1.807) is 0 Å². The number of halogens is 1. The van der Waals surface area contributed by atoms with Gasteiger partial charge in [-0.1, -0.05) is 34.8 Å². The Kier molecular flexibility index (Phi) is 3.51. The van der Waals surface area contributed by atoms with Gasteiger partial charge in [0.1, 0.15) is 0 Å². The first-order chi connectivity index (χ1) is 8.36. The maximum Gasteiger partial charge on any atom is 0.0469 e. The van der Waals surface area contributed by atoms with Crippen LogP contribution in [0, 0.1) is 5.92 Å². The molecular weight excluding hydrogens is 274 g/mol. The Morgan fingerprint density at radius 1 is 1.12 bits per heavy atom. The quantitative estimate of drug-likeness (QED) is 0.697. The molecule has 2 heteroatoms. The van der Waals surface area contributed by atoms with E-state index in [2.05, 4.69) is 33.0 Å². The van der Waals surface area contributed by atoms with Gasteiger partial charge in [0, 0.05) is 22.6 Å². The third kappa shape index (κ3) is 2.29. The molecule has 0 aromatic carbocycles. The lowest BCUT2D eigenvalue weighted by molar-refractivity contribution is 0.292. The minimum absolute atomic E-state index is 0.713. The molecule has 0 radical (unpaired) electrons. The Hall–Kier alpha value is -0.370. The largest absolute Gasteiger partial charge is 0.261 e. The van der Waals surface area contributed by atoms with Crippen LogP contribution >= 0.6 is 15.9 Å². The topological polar surface area (TPSA) is 12.9 Å². The van der Waals surface area contributed by atoms with Gasteiger partial charge in [0.15, 0.2) is 0 Å². The van der Waals surface area contributed by atoms with E-state index in [0.717, 1.165) is 5.92 Å². The van der Waals surface area contributed by atoms with Crippen molar-refractivity contribution >= 4 is 15.9 Å². The van der Waals surface area contributed by atoms with Crippen molar-refractivity contribution in [3.05, 3.63) is 29.6 Å². The summed E-state index contributed by atoms with van der Waals surface area (Å²) >= 11 is 3.91. The van der Waals surface area contributed by atoms with Crippen LogP contribution in [0.15, 0.2) is 18.3 Å². The van der Waals surface area contributed by atoms with Gasteiger partial charge in [-0.3, -0.25) is 4.98 Å². The molecule has 1 nitrogen and oxygen atoms in total. The summed E-state index contributed by atoms with van der Waals surface area (Å²) in [6.07, 6.45) is 11.4. The lowest BCUT2D eigenvalue weighted by Crippen LogP contribution is -2.29. The van der Waals surface area contributed by atoms with Gasteiger partial charge in [-0.15, -0.1) is 0 Å². The van der Waals surface area contributed by atoms with Gasteiger partial charge in [0.25, 0.3) is 0 Å². The number of fused-ring (bicyclic) bond motifs is 1. The molecule has 17 heavy (non-hydrogen) atoms. The second-order valence-electron chi connectivity index (χ2n) is 5.51. The third-order valence-electron chi connectivity index (χ3n) is 4.49. The Labute approximate surface area is 112 Å². The monoisotopic (exact) mass is 293 g/mol. The average molecular weight is 294 g/mol. The fraction of sp³-hybridized carbons (Fsp3) is 0.667. The van der Waals surface area contributed by atoms with Crippen molar-refractivity contribution in [2.45, 2.75) is 55.7 Å². The van der Waals surface area contributed by atoms with E-state index < -0.39 is 0 Å². The lowest BCUT2D eigenvalue weighted by atomic mass is 9.72. The molecule has 92 valence electrons. The summed E-state index contributed by atoms with van der Waals surface area (Å²) in [4.78, 5) is 5.41. The van der Waals surface area contributed by atoms with Crippen LogP contribution in [0.5, 0.6) is 0 Å². The minimum atomic E-state index is 0.713. The Morgan fingerprint density at radius 3 is 2.88 bits per heavy atom. The summed E-state index contributed by atoms with van der Waals surface area (Å²) in [5.41, 5.74) is 2.92. The number of rotatable bonds is 1. The van der Waals surface area contributed by atoms with E-state index in [4.69, 9.17) is 0 Å². The average Bonchev–Trinajstić information content (AvgIpc) is 2.39. The maximum atomic E-state index is 4.69. The summed E-state index contributed by atoms with van der Waals surface area (Å²) in [7, 11) is 0. The number of aromatic nitrogens is 1. The van der Waals surface area contributed by atoms with Crippen molar-refractivity contribution in [3.8, 4) is 0 Å². The van der Waals surface area contributed by atoms with Gasteiger partial charge in [-0.2, -0.15) is 0 Å². The van der Waals surface area contributed by atoms with Gasteiger partial charge < -0.3 is 0 Å². The van der Waals surface area contributed by atoms with E-state index in [1.807, 2.05) is 6.20 Å². The molecule has 1 aromatic heterocycles. The number of aryl methyl sites for hydroxylation is 1. The zero-order valence-electron chi connectivity index (χ0n) is 10.2. The van der Waals surface area contributed by atoms with Crippen LogP contribution in [0.3, 0.4) is 0 Å². The van der Waals surface area contributed by atoms with Crippen molar-refractivity contribution in [1.29, 1.82) is 0 Å². The van der Waals surface area contributed by atoms with E-state index in [-0.39, 0.29) is 0 Å². The van der Waals surface area contributed by atoms with Crippen molar-refractivity contribution in [2.75, 3.05) is 0 Å². The van der Waals surface area contributed by atoms with Gasteiger partial charge in [-0.05, 0) is 49.7 Å². The molecule has 0 spiro atoms. The molecule has 1 fully saturated rings. The second kappa shape index (κ2) is 5.09. The first kappa shape index (κ1) is 11.7. The van der Waals surface area contributed by atoms with E-state index >= 15 is 0 Å². The Bertz CT molecular complexity index is 390. The molecular formula is C15H20BrN.